The molecule has 0 aliphatic carbocycles. The molecule has 1 radical (unpaired) electrons. The lowest BCUT2D eigenvalue weighted by molar-refractivity contribution is 0.355. The quantitative estimate of drug-likeness (QED) is 0.821. The molecule has 3 heteroatoms. The third-order valence-corrected chi connectivity index (χ3v) is 2.73. The second kappa shape index (κ2) is 5.08. The molecule has 0 unspecified atom stereocenters. The number of hydrogen-bond acceptors (Lipinski definition) is 2. The number of benzene rings is 2. The molecule has 0 aliphatic rings. The Morgan fingerprint density at radius 3 is 2.33 bits per heavy atom. The molecule has 0 fully saturated rings. The van der Waals surface area contributed by atoms with Crippen LogP contribution in [0.2, 0.25) is 0 Å². The molecule has 0 amide bonds. The zero-order chi connectivity index (χ0) is 13.1. The molecule has 0 saturated carbocycles. The van der Waals surface area contributed by atoms with Crippen molar-refractivity contribution < 1.29 is 13.9 Å². The van der Waals surface area contributed by atoms with E-state index < -0.39 is 0 Å². The van der Waals surface area contributed by atoms with E-state index in [4.69, 9.17) is 9.47 Å². The highest BCUT2D eigenvalue weighted by molar-refractivity contribution is 5.68. The number of halogens is 1. The molecule has 2 rings (SSSR count). The summed E-state index contributed by atoms with van der Waals surface area (Å²) in [6.07, 6.45) is 0. The summed E-state index contributed by atoms with van der Waals surface area (Å²) in [5, 5.41) is 0. The summed E-state index contributed by atoms with van der Waals surface area (Å²) in [6, 6.07) is 10.0. The summed E-state index contributed by atoms with van der Waals surface area (Å²) >= 11 is 0. The average Bonchev–Trinajstić information content (AvgIpc) is 2.40. The van der Waals surface area contributed by atoms with Crippen LogP contribution >= 0.6 is 0 Å². The van der Waals surface area contributed by atoms with Gasteiger partial charge in [-0.15, -0.1) is 0 Å². The Morgan fingerprint density at radius 2 is 1.67 bits per heavy atom. The summed E-state index contributed by atoms with van der Waals surface area (Å²) < 4.78 is 24.1. The summed E-state index contributed by atoms with van der Waals surface area (Å²) in [5.41, 5.74) is 2.00. The predicted molar refractivity (Wildman–Crippen MR) is 69.4 cm³/mol. The second-order valence-electron chi connectivity index (χ2n) is 3.88. The molecule has 0 aromatic heterocycles. The van der Waals surface area contributed by atoms with Crippen LogP contribution in [-0.4, -0.2) is 14.2 Å². The molecule has 0 bridgehead atoms. The van der Waals surface area contributed by atoms with Crippen LogP contribution in [0.1, 0.15) is 5.56 Å². The lowest BCUT2D eigenvalue weighted by atomic mass is 10.0. The van der Waals surface area contributed by atoms with Crippen LogP contribution in [0, 0.1) is 12.7 Å². The van der Waals surface area contributed by atoms with Gasteiger partial charge in [-0.05, 0) is 42.3 Å². The number of ether oxygens (including phenoxy) is 2. The van der Waals surface area contributed by atoms with Crippen molar-refractivity contribution in [2.24, 2.45) is 0 Å². The van der Waals surface area contributed by atoms with Crippen LogP contribution in [-0.2, 0) is 0 Å². The van der Waals surface area contributed by atoms with E-state index in [1.165, 1.54) is 6.07 Å². The first kappa shape index (κ1) is 12.4. The van der Waals surface area contributed by atoms with Gasteiger partial charge < -0.3 is 9.47 Å². The van der Waals surface area contributed by atoms with E-state index in [1.54, 1.807) is 44.6 Å². The van der Waals surface area contributed by atoms with Gasteiger partial charge in [-0.2, -0.15) is 0 Å². The molecule has 0 saturated heterocycles. The Bertz CT molecular complexity index is 564. The third kappa shape index (κ3) is 2.30. The highest BCUT2D eigenvalue weighted by Crippen LogP contribution is 2.33. The molecule has 2 aromatic carbocycles. The molecule has 0 N–H and O–H groups in total. The maximum Gasteiger partial charge on any atom is 0.161 e. The average molecular weight is 245 g/mol. The van der Waals surface area contributed by atoms with E-state index in [0.717, 1.165) is 11.1 Å². The first-order valence-electron chi connectivity index (χ1n) is 5.49. The predicted octanol–water partition coefficient (Wildman–Crippen LogP) is 3.69. The highest BCUT2D eigenvalue weighted by atomic mass is 19.1. The normalized spacial score (nSPS) is 10.2. The van der Waals surface area contributed by atoms with Gasteiger partial charge in [0, 0.05) is 5.56 Å². The van der Waals surface area contributed by atoms with Crippen molar-refractivity contribution >= 4 is 0 Å². The number of hydrogen-bond donors (Lipinski definition) is 0. The lowest BCUT2D eigenvalue weighted by Crippen LogP contribution is -1.92. The topological polar surface area (TPSA) is 18.5 Å². The first-order valence-corrected chi connectivity index (χ1v) is 5.49. The Morgan fingerprint density at radius 1 is 0.944 bits per heavy atom. The van der Waals surface area contributed by atoms with Crippen molar-refractivity contribution in [3.8, 4) is 22.6 Å². The molecular formula is C15H14FO2. The maximum atomic E-state index is 13.8. The van der Waals surface area contributed by atoms with Gasteiger partial charge in [-0.1, -0.05) is 12.1 Å². The van der Waals surface area contributed by atoms with Crippen LogP contribution in [0.25, 0.3) is 11.1 Å². The van der Waals surface area contributed by atoms with Crippen molar-refractivity contribution in [1.82, 2.24) is 0 Å². The second-order valence-corrected chi connectivity index (χ2v) is 3.88. The summed E-state index contributed by atoms with van der Waals surface area (Å²) in [6.45, 7) is 3.80. The van der Waals surface area contributed by atoms with E-state index in [2.05, 4.69) is 6.92 Å². The monoisotopic (exact) mass is 245 g/mol. The van der Waals surface area contributed by atoms with Gasteiger partial charge >= 0.3 is 0 Å². The zero-order valence-corrected chi connectivity index (χ0v) is 10.4. The molecule has 0 spiro atoms. The van der Waals surface area contributed by atoms with E-state index >= 15 is 0 Å². The van der Waals surface area contributed by atoms with Gasteiger partial charge in [0.1, 0.15) is 5.82 Å². The molecule has 0 aliphatic heterocycles. The van der Waals surface area contributed by atoms with E-state index in [-0.39, 0.29) is 5.82 Å². The fourth-order valence-corrected chi connectivity index (χ4v) is 1.80. The molecule has 18 heavy (non-hydrogen) atoms. The minimum Gasteiger partial charge on any atom is -0.493 e. The van der Waals surface area contributed by atoms with Gasteiger partial charge in [0.2, 0.25) is 0 Å². The summed E-state index contributed by atoms with van der Waals surface area (Å²) in [4.78, 5) is 0. The van der Waals surface area contributed by atoms with Crippen molar-refractivity contribution in [2.75, 3.05) is 14.2 Å². The smallest absolute Gasteiger partial charge is 0.161 e. The van der Waals surface area contributed by atoms with Gasteiger partial charge in [0.05, 0.1) is 14.2 Å². The summed E-state index contributed by atoms with van der Waals surface area (Å²) in [5.74, 6) is 0.908. The minimum atomic E-state index is -0.283. The minimum absolute atomic E-state index is 0.283. The molecule has 0 atom stereocenters. The van der Waals surface area contributed by atoms with Crippen molar-refractivity contribution in [1.29, 1.82) is 0 Å². The van der Waals surface area contributed by atoms with Crippen molar-refractivity contribution in [2.45, 2.75) is 0 Å². The Balaban J connectivity index is 2.54. The van der Waals surface area contributed by atoms with Gasteiger partial charge in [-0.3, -0.25) is 0 Å². The van der Waals surface area contributed by atoms with Gasteiger partial charge in [0.25, 0.3) is 0 Å². The molecular weight excluding hydrogens is 231 g/mol. The molecule has 2 aromatic rings. The van der Waals surface area contributed by atoms with Crippen LogP contribution in [0.15, 0.2) is 36.4 Å². The zero-order valence-electron chi connectivity index (χ0n) is 10.4. The van der Waals surface area contributed by atoms with Crippen LogP contribution in [0.5, 0.6) is 11.5 Å². The van der Waals surface area contributed by atoms with Crippen LogP contribution in [0.4, 0.5) is 4.39 Å². The van der Waals surface area contributed by atoms with Crippen molar-refractivity contribution in [3.63, 3.8) is 0 Å². The van der Waals surface area contributed by atoms with Crippen LogP contribution in [0.3, 0.4) is 0 Å². The first-order chi connectivity index (χ1) is 8.65. The van der Waals surface area contributed by atoms with Gasteiger partial charge in [-0.25, -0.2) is 4.39 Å². The Hall–Kier alpha value is -2.03. The lowest BCUT2D eigenvalue weighted by Gasteiger charge is -2.10. The van der Waals surface area contributed by atoms with E-state index in [0.29, 0.717) is 17.1 Å². The van der Waals surface area contributed by atoms with Crippen molar-refractivity contribution in [3.05, 3.63) is 54.7 Å². The highest BCUT2D eigenvalue weighted by Gasteiger charge is 2.09. The van der Waals surface area contributed by atoms with E-state index in [1.807, 2.05) is 0 Å². The maximum absolute atomic E-state index is 13.8. The molecule has 0 heterocycles. The molecule has 2 nitrogen and oxygen atoms in total. The Labute approximate surface area is 106 Å². The largest absolute Gasteiger partial charge is 0.493 e. The SMILES string of the molecule is [CH2]c1ccc(F)c(-c2ccc(OC)c(OC)c2)c1. The van der Waals surface area contributed by atoms with Gasteiger partial charge in [0.15, 0.2) is 11.5 Å². The summed E-state index contributed by atoms with van der Waals surface area (Å²) in [7, 11) is 3.12. The number of methoxy groups -OCH3 is 2. The third-order valence-electron chi connectivity index (χ3n) is 2.73. The Kier molecular flexibility index (Phi) is 3.51. The standard InChI is InChI=1S/C15H14FO2/c1-10-4-6-13(16)12(8-10)11-5-7-14(17-2)15(9-11)18-3/h4-9H,1H2,2-3H3. The fraction of sp³-hybridized carbons (Fsp3) is 0.133. The fourth-order valence-electron chi connectivity index (χ4n) is 1.80. The van der Waals surface area contributed by atoms with E-state index in [9.17, 15) is 4.39 Å². The number of rotatable bonds is 3. The molecule has 93 valence electrons. The van der Waals surface area contributed by atoms with Crippen LogP contribution < -0.4 is 9.47 Å².